The third-order valence-electron chi connectivity index (χ3n) is 7.56. The lowest BCUT2D eigenvalue weighted by Gasteiger charge is -2.29. The van der Waals surface area contributed by atoms with Gasteiger partial charge in [0.25, 0.3) is 10.1 Å². The molecule has 1 saturated heterocycles. The van der Waals surface area contributed by atoms with Gasteiger partial charge < -0.3 is 19.3 Å². The molecule has 1 rings (SSSR count). The Morgan fingerprint density at radius 3 is 1.86 bits per heavy atom. The first-order valence-corrected chi connectivity index (χ1v) is 17.3. The van der Waals surface area contributed by atoms with Crippen LogP contribution < -0.4 is 0 Å². The van der Waals surface area contributed by atoms with Crippen molar-refractivity contribution in [3.8, 4) is 0 Å². The average Bonchev–Trinajstić information content (AvgIpc) is 3.02. The first-order chi connectivity index (χ1) is 20.1. The summed E-state index contributed by atoms with van der Waals surface area (Å²) in [5.74, 6) is -2.89. The van der Waals surface area contributed by atoms with E-state index in [0.29, 0.717) is 6.42 Å². The molecular formula is C31H54O10S. The Balaban J connectivity index is 2.09. The van der Waals surface area contributed by atoms with Gasteiger partial charge in [0.05, 0.1) is 18.4 Å². The Morgan fingerprint density at radius 2 is 1.36 bits per heavy atom. The number of ether oxygens (including phenoxy) is 3. The fourth-order valence-corrected chi connectivity index (χ4v) is 5.41. The number of allylic oxidation sites excluding steroid dienone is 2. The highest BCUT2D eigenvalue weighted by Gasteiger charge is 2.42. The molecule has 10 nitrogen and oxygen atoms in total. The highest BCUT2D eigenvalue weighted by atomic mass is 32.2. The first kappa shape index (κ1) is 38.0. The molecule has 11 heteroatoms. The van der Waals surface area contributed by atoms with Gasteiger partial charge in [-0.3, -0.25) is 18.9 Å². The van der Waals surface area contributed by atoms with Crippen LogP contribution in [0.15, 0.2) is 12.2 Å². The van der Waals surface area contributed by atoms with Gasteiger partial charge in [-0.05, 0) is 25.7 Å². The van der Waals surface area contributed by atoms with E-state index in [2.05, 4.69) is 19.1 Å². The van der Waals surface area contributed by atoms with Crippen LogP contribution in [0, 0.1) is 5.41 Å². The van der Waals surface area contributed by atoms with Crippen LogP contribution in [0.5, 0.6) is 0 Å². The Morgan fingerprint density at radius 1 is 0.857 bits per heavy atom. The number of hydrogen-bond acceptors (Lipinski definition) is 9. The standard InChI is InChI=1S/C31H54O10S/c1-2-3-4-5-6-7-8-9-10-11-12-13-14-15-16-17-18-19-20-21-28(33)39-24-31(23-32)25-40-29(34)22-27(42(36,37)38)30(35)41-26-31/h3-4,27,32H,2,5-26H2,1H3,(H,36,37,38)/b4-3-. The molecule has 1 aliphatic rings. The normalized spacial score (nSPS) is 20.0. The number of carbonyl (C=O) groups excluding carboxylic acids is 3. The molecule has 1 heterocycles. The number of esters is 3. The van der Waals surface area contributed by atoms with E-state index in [4.69, 9.17) is 14.2 Å². The minimum Gasteiger partial charge on any atom is -0.465 e. The third-order valence-corrected chi connectivity index (χ3v) is 8.64. The number of hydrogen-bond donors (Lipinski definition) is 2. The van der Waals surface area contributed by atoms with Gasteiger partial charge in [0.15, 0.2) is 5.25 Å². The Labute approximate surface area is 252 Å². The molecule has 0 aliphatic carbocycles. The number of rotatable bonds is 23. The zero-order chi connectivity index (χ0) is 31.1. The predicted molar refractivity (Wildman–Crippen MR) is 160 cm³/mol. The summed E-state index contributed by atoms with van der Waals surface area (Å²) < 4.78 is 47.2. The van der Waals surface area contributed by atoms with Crippen molar-refractivity contribution in [2.75, 3.05) is 26.4 Å². The molecule has 2 atom stereocenters. The van der Waals surface area contributed by atoms with Gasteiger partial charge in [0, 0.05) is 6.42 Å². The highest BCUT2D eigenvalue weighted by Crippen LogP contribution is 2.23. The fourth-order valence-electron chi connectivity index (χ4n) is 4.75. The zero-order valence-corrected chi connectivity index (χ0v) is 26.4. The third kappa shape index (κ3) is 17.9. The van der Waals surface area contributed by atoms with Crippen LogP contribution in [-0.4, -0.2) is 67.7 Å². The Hall–Kier alpha value is -1.98. The van der Waals surface area contributed by atoms with Crippen LogP contribution in [0.2, 0.25) is 0 Å². The highest BCUT2D eigenvalue weighted by molar-refractivity contribution is 7.87. The summed E-state index contributed by atoms with van der Waals surface area (Å²) in [6.07, 6.45) is 24.4. The molecule has 0 bridgehead atoms. The maximum Gasteiger partial charge on any atom is 0.327 e. The van der Waals surface area contributed by atoms with Crippen LogP contribution in [-0.2, 0) is 38.7 Å². The number of aliphatic hydroxyl groups is 1. The summed E-state index contributed by atoms with van der Waals surface area (Å²) in [6, 6.07) is 0. The summed E-state index contributed by atoms with van der Waals surface area (Å²) in [4.78, 5) is 36.3. The van der Waals surface area contributed by atoms with E-state index in [1.54, 1.807) is 0 Å². The molecule has 0 spiro atoms. The van der Waals surface area contributed by atoms with E-state index in [1.807, 2.05) is 0 Å². The van der Waals surface area contributed by atoms with Crippen molar-refractivity contribution in [2.24, 2.45) is 5.41 Å². The van der Waals surface area contributed by atoms with E-state index in [1.165, 1.54) is 77.0 Å². The molecule has 0 aromatic heterocycles. The molecule has 0 amide bonds. The van der Waals surface area contributed by atoms with E-state index in [9.17, 15) is 32.5 Å². The van der Waals surface area contributed by atoms with Crippen molar-refractivity contribution < 1.29 is 46.7 Å². The smallest absolute Gasteiger partial charge is 0.327 e. The minimum atomic E-state index is -4.89. The Kier molecular flexibility index (Phi) is 20.4. The SMILES string of the molecule is CC/C=C\CCCCCCCCCCCCCCCCCC(=O)OCC1(CO)COC(=O)CC(S(=O)(=O)O)C(=O)OC1. The first-order valence-electron chi connectivity index (χ1n) is 15.8. The molecule has 42 heavy (non-hydrogen) atoms. The van der Waals surface area contributed by atoms with Gasteiger partial charge in [-0.2, -0.15) is 8.42 Å². The summed E-state index contributed by atoms with van der Waals surface area (Å²) >= 11 is 0. The molecule has 2 unspecified atom stereocenters. The van der Waals surface area contributed by atoms with E-state index >= 15 is 0 Å². The van der Waals surface area contributed by atoms with Gasteiger partial charge in [0.1, 0.15) is 19.8 Å². The number of carbonyl (C=O) groups is 3. The maximum absolute atomic E-state index is 12.2. The second-order valence-corrected chi connectivity index (χ2v) is 13.1. The molecular weight excluding hydrogens is 564 g/mol. The summed E-state index contributed by atoms with van der Waals surface area (Å²) in [7, 11) is -4.89. The van der Waals surface area contributed by atoms with Crippen LogP contribution in [0.1, 0.15) is 129 Å². The number of unbranched alkanes of at least 4 members (excludes halogenated alkanes) is 15. The molecule has 0 aromatic rings. The fraction of sp³-hybridized carbons (Fsp3) is 0.839. The lowest BCUT2D eigenvalue weighted by Crippen LogP contribution is -2.42. The quantitative estimate of drug-likeness (QED) is 0.0468. The van der Waals surface area contributed by atoms with Crippen molar-refractivity contribution >= 4 is 28.0 Å². The monoisotopic (exact) mass is 618 g/mol. The second kappa shape index (κ2) is 22.5. The van der Waals surface area contributed by atoms with Crippen molar-refractivity contribution in [1.82, 2.24) is 0 Å². The Bertz CT molecular complexity index is 901. The number of aliphatic hydroxyl groups excluding tert-OH is 1. The van der Waals surface area contributed by atoms with Crippen molar-refractivity contribution in [2.45, 2.75) is 134 Å². The molecule has 1 aliphatic heterocycles. The predicted octanol–water partition coefficient (Wildman–Crippen LogP) is 5.85. The maximum atomic E-state index is 12.2. The lowest BCUT2D eigenvalue weighted by atomic mass is 9.92. The van der Waals surface area contributed by atoms with E-state index in [0.717, 1.165) is 25.7 Å². The van der Waals surface area contributed by atoms with Gasteiger partial charge in [0.2, 0.25) is 0 Å². The molecule has 2 N–H and O–H groups in total. The van der Waals surface area contributed by atoms with Crippen molar-refractivity contribution in [3.63, 3.8) is 0 Å². The van der Waals surface area contributed by atoms with E-state index < -0.39 is 64.9 Å². The van der Waals surface area contributed by atoms with Gasteiger partial charge in [-0.1, -0.05) is 103 Å². The van der Waals surface area contributed by atoms with Crippen LogP contribution in [0.3, 0.4) is 0 Å². The van der Waals surface area contributed by atoms with Gasteiger partial charge in [-0.15, -0.1) is 0 Å². The topological polar surface area (TPSA) is 154 Å². The van der Waals surface area contributed by atoms with Crippen LogP contribution in [0.25, 0.3) is 0 Å². The average molecular weight is 619 g/mol. The van der Waals surface area contributed by atoms with E-state index in [-0.39, 0.29) is 13.0 Å². The molecule has 244 valence electrons. The summed E-state index contributed by atoms with van der Waals surface area (Å²) in [5.41, 5.74) is -1.43. The zero-order valence-electron chi connectivity index (χ0n) is 25.6. The van der Waals surface area contributed by atoms with Crippen LogP contribution in [0.4, 0.5) is 0 Å². The van der Waals surface area contributed by atoms with Crippen molar-refractivity contribution in [1.29, 1.82) is 0 Å². The molecule has 1 fully saturated rings. The second-order valence-electron chi connectivity index (χ2n) is 11.5. The lowest BCUT2D eigenvalue weighted by molar-refractivity contribution is -0.161. The van der Waals surface area contributed by atoms with Crippen LogP contribution >= 0.6 is 0 Å². The summed E-state index contributed by atoms with van der Waals surface area (Å²) in [6.45, 7) is 0.155. The largest absolute Gasteiger partial charge is 0.465 e. The van der Waals surface area contributed by atoms with Gasteiger partial charge >= 0.3 is 17.9 Å². The summed E-state index contributed by atoms with van der Waals surface area (Å²) in [5, 5.41) is 7.75. The minimum absolute atomic E-state index is 0.196. The number of cyclic esters (lactones) is 2. The molecule has 0 saturated carbocycles. The molecule has 0 radical (unpaired) electrons. The van der Waals surface area contributed by atoms with Crippen molar-refractivity contribution in [3.05, 3.63) is 12.2 Å². The van der Waals surface area contributed by atoms with Gasteiger partial charge in [-0.25, -0.2) is 0 Å². The molecule has 0 aromatic carbocycles.